The van der Waals surface area contributed by atoms with E-state index in [4.69, 9.17) is 0 Å². The van der Waals surface area contributed by atoms with Crippen molar-refractivity contribution in [3.63, 3.8) is 0 Å². The molecule has 2 aliphatic rings. The smallest absolute Gasteiger partial charge is 0.0874 e. The second-order valence-electron chi connectivity index (χ2n) is 5.63. The Balaban J connectivity index is 0.00000169. The van der Waals surface area contributed by atoms with Crippen molar-refractivity contribution in [1.29, 1.82) is 0 Å². The Morgan fingerprint density at radius 2 is 1.69 bits per heavy atom. The minimum absolute atomic E-state index is 0. The maximum atomic E-state index is 12.3. The minimum Gasteiger partial charge on any atom is -0.863 e. The summed E-state index contributed by atoms with van der Waals surface area (Å²) in [5.74, 6) is -0.650. The van der Waals surface area contributed by atoms with Crippen molar-refractivity contribution in [2.24, 2.45) is 9.98 Å². The molecule has 0 bridgehead atoms. The van der Waals surface area contributed by atoms with Crippen LogP contribution in [0.2, 0.25) is 0 Å². The molecule has 145 valence electrons. The van der Waals surface area contributed by atoms with E-state index in [2.05, 4.69) is 20.6 Å². The first kappa shape index (κ1) is 21.9. The number of nitrogens with zero attached hydrogens (tertiary/aromatic N) is 4. The number of para-hydroxylation sites is 2. The van der Waals surface area contributed by atoms with Crippen LogP contribution in [0, 0.1) is 0 Å². The summed E-state index contributed by atoms with van der Waals surface area (Å²) >= 11 is 0. The van der Waals surface area contributed by atoms with Crippen molar-refractivity contribution < 1.29 is 32.8 Å². The average molecular weight is 405 g/mol. The standard InChI is InChI=1S/C18H20N4O2.Cu.H2O/c23-17(15-9-3-5-11-19-15)21-13-7-1-2-8-14(13)22-18(24)16-10-4-6-12-20-16;;/h1-3,5,7-9,11,15-16H,4,6,10,12H2,(H,21,23)(H,22,24);;1H2/q-2;;/p-1. The van der Waals surface area contributed by atoms with Gasteiger partial charge in [0.15, 0.2) is 0 Å². The van der Waals surface area contributed by atoms with Crippen LogP contribution < -0.4 is 10.2 Å². The normalized spacial score (nSPS) is 22.8. The quantitative estimate of drug-likeness (QED) is 0.324. The van der Waals surface area contributed by atoms with Gasteiger partial charge in [0.2, 0.25) is 0 Å². The van der Waals surface area contributed by atoms with Crippen molar-refractivity contribution in [2.75, 3.05) is 6.54 Å². The van der Waals surface area contributed by atoms with Gasteiger partial charge in [0, 0.05) is 17.1 Å². The maximum absolute atomic E-state index is 12.3. The molecule has 2 aliphatic heterocycles. The number of benzene rings is 1. The molecule has 3 N–H and O–H groups in total. The van der Waals surface area contributed by atoms with Crippen LogP contribution in [0.5, 0.6) is 0 Å². The first-order valence-electron chi connectivity index (χ1n) is 8.04. The fourth-order valence-electron chi connectivity index (χ4n) is 2.58. The second-order valence-corrected chi connectivity index (χ2v) is 5.63. The van der Waals surface area contributed by atoms with E-state index in [9.17, 15) is 10.2 Å². The van der Waals surface area contributed by atoms with E-state index >= 15 is 0 Å². The molecule has 1 aromatic carbocycles. The third-order valence-corrected chi connectivity index (χ3v) is 3.85. The molecule has 1 fully saturated rings. The van der Waals surface area contributed by atoms with Gasteiger partial charge < -0.3 is 26.3 Å². The Bertz CT molecular complexity index is 697. The summed E-state index contributed by atoms with van der Waals surface area (Å²) < 4.78 is 0. The van der Waals surface area contributed by atoms with Gasteiger partial charge in [-0.1, -0.05) is 61.6 Å². The van der Waals surface area contributed by atoms with E-state index in [1.807, 2.05) is 0 Å². The zero-order chi connectivity index (χ0) is 16.8. The Morgan fingerprint density at radius 3 is 2.27 bits per heavy atom. The molecule has 3 rings (SSSR count). The Morgan fingerprint density at radius 1 is 1.00 bits per heavy atom. The molecule has 2 atom stereocenters. The molecule has 0 amide bonds. The molecular formula is C18H21CuN4O3-3. The molecule has 0 spiro atoms. The average Bonchev–Trinajstić information content (AvgIpc) is 2.64. The van der Waals surface area contributed by atoms with E-state index in [1.165, 1.54) is 0 Å². The van der Waals surface area contributed by atoms with E-state index in [1.54, 1.807) is 48.7 Å². The molecule has 1 radical (unpaired) electrons. The van der Waals surface area contributed by atoms with Gasteiger partial charge in [-0.25, -0.2) is 0 Å². The number of hydrogen-bond donors (Lipinski definition) is 0. The van der Waals surface area contributed by atoms with E-state index in [-0.39, 0.29) is 40.4 Å². The summed E-state index contributed by atoms with van der Waals surface area (Å²) in [6.07, 6.45) is 9.51. The molecule has 0 saturated carbocycles. The third-order valence-electron chi connectivity index (χ3n) is 3.85. The van der Waals surface area contributed by atoms with E-state index in [0.717, 1.165) is 19.3 Å². The fourth-order valence-corrected chi connectivity index (χ4v) is 2.58. The van der Waals surface area contributed by atoms with Crippen LogP contribution in [0.3, 0.4) is 0 Å². The van der Waals surface area contributed by atoms with E-state index < -0.39 is 6.04 Å². The Kier molecular flexibility index (Phi) is 9.09. The van der Waals surface area contributed by atoms with Gasteiger partial charge in [-0.05, 0) is 18.0 Å². The number of rotatable bonds is 4. The molecule has 1 saturated heterocycles. The Labute approximate surface area is 163 Å². The molecular weight excluding hydrogens is 384 g/mol. The van der Waals surface area contributed by atoms with Gasteiger partial charge >= 0.3 is 0 Å². The number of aliphatic imine (C=N–C) groups is 2. The maximum Gasteiger partial charge on any atom is 0.0874 e. The van der Waals surface area contributed by atoms with Crippen LogP contribution >= 0.6 is 0 Å². The van der Waals surface area contributed by atoms with Crippen LogP contribution in [-0.4, -0.2) is 30.4 Å². The van der Waals surface area contributed by atoms with Crippen molar-refractivity contribution in [3.8, 4) is 0 Å². The van der Waals surface area contributed by atoms with Crippen LogP contribution in [0.25, 0.3) is 10.6 Å². The van der Waals surface area contributed by atoms with Crippen molar-refractivity contribution >= 4 is 23.2 Å². The zero-order valence-electron chi connectivity index (χ0n) is 14.1. The predicted molar refractivity (Wildman–Crippen MR) is 96.8 cm³/mol. The van der Waals surface area contributed by atoms with Crippen LogP contribution in [-0.2, 0) is 22.5 Å². The van der Waals surface area contributed by atoms with Gasteiger partial charge in [-0.2, -0.15) is 6.20 Å². The fraction of sp³-hybridized carbons (Fsp3) is 0.333. The Hall–Kier alpha value is -2.12. The summed E-state index contributed by atoms with van der Waals surface area (Å²) in [5, 5.41) is 32.9. The summed E-state index contributed by atoms with van der Waals surface area (Å²) in [7, 11) is 0. The zero-order valence-corrected chi connectivity index (χ0v) is 15.0. The minimum atomic E-state index is -0.618. The van der Waals surface area contributed by atoms with Gasteiger partial charge in [0.1, 0.15) is 0 Å². The van der Waals surface area contributed by atoms with Crippen LogP contribution in [0.1, 0.15) is 19.3 Å². The summed E-state index contributed by atoms with van der Waals surface area (Å²) in [6, 6.07) is 5.89. The SMILES string of the molecule is [Cu].[O-]C(=Nc1ccccc1N=C([O-])C1CCCC[N-]1)C1C=CC=C[N-]1.[OH3+]. The van der Waals surface area contributed by atoms with Gasteiger partial charge in [-0.3, -0.25) is 9.98 Å². The molecule has 2 unspecified atom stereocenters. The molecule has 2 heterocycles. The molecule has 8 heteroatoms. The molecule has 0 aromatic heterocycles. The van der Waals surface area contributed by atoms with Gasteiger partial charge in [-0.15, -0.1) is 12.6 Å². The van der Waals surface area contributed by atoms with E-state index in [0.29, 0.717) is 17.9 Å². The number of hydrogen-bond acceptors (Lipinski definition) is 4. The van der Waals surface area contributed by atoms with Crippen molar-refractivity contribution in [2.45, 2.75) is 31.3 Å². The van der Waals surface area contributed by atoms with Gasteiger partial charge in [0.25, 0.3) is 0 Å². The summed E-state index contributed by atoms with van der Waals surface area (Å²) in [6.45, 7) is 0.708. The molecule has 0 aliphatic carbocycles. The topological polar surface area (TPSA) is 132 Å². The molecule has 1 aromatic rings. The summed E-state index contributed by atoms with van der Waals surface area (Å²) in [4.78, 5) is 8.23. The van der Waals surface area contributed by atoms with Crippen molar-refractivity contribution in [3.05, 3.63) is 59.3 Å². The largest absolute Gasteiger partial charge is 0.863 e. The third kappa shape index (κ3) is 5.71. The van der Waals surface area contributed by atoms with Crippen LogP contribution in [0.15, 0.2) is 58.7 Å². The number of allylic oxidation sites excluding steroid dienone is 2. The first-order chi connectivity index (χ1) is 11.7. The molecule has 26 heavy (non-hydrogen) atoms. The van der Waals surface area contributed by atoms with Crippen molar-refractivity contribution in [1.82, 2.24) is 0 Å². The predicted octanol–water partition coefficient (Wildman–Crippen LogP) is 1.29. The monoisotopic (exact) mass is 404 g/mol. The second kappa shape index (κ2) is 10.8. The van der Waals surface area contributed by atoms with Crippen LogP contribution in [0.4, 0.5) is 11.4 Å². The van der Waals surface area contributed by atoms with Gasteiger partial charge in [0.05, 0.1) is 11.4 Å². The first-order valence-corrected chi connectivity index (χ1v) is 8.04. The summed E-state index contributed by atoms with van der Waals surface area (Å²) in [5.41, 5.74) is 0.775. The molecule has 7 nitrogen and oxygen atoms in total. The number of piperidine rings is 1.